The minimum atomic E-state index is 0.333. The Morgan fingerprint density at radius 1 is 1.19 bits per heavy atom. The average Bonchev–Trinajstić information content (AvgIpc) is 2.51. The maximum atomic E-state index is 6.50. The van der Waals surface area contributed by atoms with E-state index >= 15 is 0 Å². The molecule has 0 aromatic heterocycles. The highest BCUT2D eigenvalue weighted by Gasteiger charge is 2.23. The van der Waals surface area contributed by atoms with E-state index in [1.54, 1.807) is 7.11 Å². The van der Waals surface area contributed by atoms with E-state index in [1.807, 2.05) is 12.1 Å². The van der Waals surface area contributed by atoms with Crippen LogP contribution in [0.1, 0.15) is 64.5 Å². The standard InChI is InChI=1S/C18H30ClNO/c1-5-8-9-14(7-3)18(20-12-6-2)16-11-10-15(21-4)13-17(16)19/h10-11,13-14,18,20H,5-9,12H2,1-4H3. The van der Waals surface area contributed by atoms with Gasteiger partial charge >= 0.3 is 0 Å². The molecule has 0 heterocycles. The Morgan fingerprint density at radius 3 is 2.48 bits per heavy atom. The second-order valence-electron chi connectivity index (χ2n) is 5.63. The third kappa shape index (κ3) is 5.52. The van der Waals surface area contributed by atoms with Crippen molar-refractivity contribution in [2.45, 2.75) is 58.9 Å². The fourth-order valence-electron chi connectivity index (χ4n) is 2.79. The molecule has 0 aliphatic rings. The minimum Gasteiger partial charge on any atom is -0.497 e. The zero-order valence-corrected chi connectivity index (χ0v) is 14.7. The van der Waals surface area contributed by atoms with Crippen molar-refractivity contribution in [3.8, 4) is 5.75 Å². The van der Waals surface area contributed by atoms with Crippen LogP contribution in [0.3, 0.4) is 0 Å². The summed E-state index contributed by atoms with van der Waals surface area (Å²) in [5.74, 6) is 1.45. The second-order valence-corrected chi connectivity index (χ2v) is 6.04. The van der Waals surface area contributed by atoms with Crippen molar-refractivity contribution in [1.82, 2.24) is 5.32 Å². The predicted molar refractivity (Wildman–Crippen MR) is 92.3 cm³/mol. The zero-order valence-electron chi connectivity index (χ0n) is 13.9. The topological polar surface area (TPSA) is 21.3 Å². The van der Waals surface area contributed by atoms with E-state index < -0.39 is 0 Å². The lowest BCUT2D eigenvalue weighted by molar-refractivity contribution is 0.323. The molecule has 0 fully saturated rings. The molecule has 1 N–H and O–H groups in total. The average molecular weight is 312 g/mol. The van der Waals surface area contributed by atoms with Crippen molar-refractivity contribution < 1.29 is 4.74 Å². The van der Waals surface area contributed by atoms with E-state index in [4.69, 9.17) is 16.3 Å². The van der Waals surface area contributed by atoms with Gasteiger partial charge < -0.3 is 10.1 Å². The molecule has 3 heteroatoms. The molecular formula is C18H30ClNO. The van der Waals surface area contributed by atoms with Crippen molar-refractivity contribution in [3.63, 3.8) is 0 Å². The van der Waals surface area contributed by atoms with Crippen LogP contribution >= 0.6 is 11.6 Å². The first-order valence-corrected chi connectivity index (χ1v) is 8.62. The molecule has 0 saturated carbocycles. The molecule has 0 aliphatic heterocycles. The van der Waals surface area contributed by atoms with Crippen LogP contribution in [0, 0.1) is 5.92 Å². The third-order valence-corrected chi connectivity index (χ3v) is 4.41. The van der Waals surface area contributed by atoms with E-state index in [-0.39, 0.29) is 0 Å². The monoisotopic (exact) mass is 311 g/mol. The highest BCUT2D eigenvalue weighted by atomic mass is 35.5. The molecule has 0 amide bonds. The summed E-state index contributed by atoms with van der Waals surface area (Å²) >= 11 is 6.50. The number of methoxy groups -OCH3 is 1. The molecule has 1 aromatic carbocycles. The van der Waals surface area contributed by atoms with Crippen LogP contribution in [0.5, 0.6) is 5.75 Å². The van der Waals surface area contributed by atoms with E-state index in [9.17, 15) is 0 Å². The Labute approximate surface area is 135 Å². The van der Waals surface area contributed by atoms with Crippen LogP contribution in [0.25, 0.3) is 0 Å². The maximum Gasteiger partial charge on any atom is 0.120 e. The second kappa shape index (κ2) is 10.1. The van der Waals surface area contributed by atoms with Crippen LogP contribution in [0.15, 0.2) is 18.2 Å². The Balaban J connectivity index is 2.99. The van der Waals surface area contributed by atoms with Gasteiger partial charge in [-0.1, -0.05) is 57.7 Å². The van der Waals surface area contributed by atoms with Gasteiger partial charge in [0.15, 0.2) is 0 Å². The molecule has 2 unspecified atom stereocenters. The van der Waals surface area contributed by atoms with Crippen LogP contribution in [-0.2, 0) is 0 Å². The predicted octanol–water partition coefficient (Wildman–Crippen LogP) is 5.61. The molecule has 0 radical (unpaired) electrons. The summed E-state index contributed by atoms with van der Waals surface area (Å²) in [4.78, 5) is 0. The lowest BCUT2D eigenvalue weighted by Gasteiger charge is -2.29. The quantitative estimate of drug-likeness (QED) is 0.606. The molecular weight excluding hydrogens is 282 g/mol. The third-order valence-electron chi connectivity index (χ3n) is 4.08. The summed E-state index contributed by atoms with van der Waals surface area (Å²) in [5.41, 5.74) is 1.20. The molecule has 0 bridgehead atoms. The molecule has 1 aromatic rings. The van der Waals surface area contributed by atoms with Crippen molar-refractivity contribution in [2.75, 3.05) is 13.7 Å². The number of hydrogen-bond donors (Lipinski definition) is 1. The van der Waals surface area contributed by atoms with Gasteiger partial charge in [0.2, 0.25) is 0 Å². The summed E-state index contributed by atoms with van der Waals surface area (Å²) in [6, 6.07) is 6.38. The van der Waals surface area contributed by atoms with Gasteiger partial charge in [-0.3, -0.25) is 0 Å². The molecule has 0 aliphatic carbocycles. The molecule has 21 heavy (non-hydrogen) atoms. The van der Waals surface area contributed by atoms with E-state index in [0.717, 1.165) is 23.7 Å². The molecule has 2 atom stereocenters. The molecule has 0 spiro atoms. The number of benzene rings is 1. The Bertz CT molecular complexity index is 408. The number of hydrogen-bond acceptors (Lipinski definition) is 2. The lowest BCUT2D eigenvalue weighted by Crippen LogP contribution is -2.29. The summed E-state index contributed by atoms with van der Waals surface area (Å²) in [6.07, 6.45) is 6.07. The fraction of sp³-hybridized carbons (Fsp3) is 0.667. The highest BCUT2D eigenvalue weighted by Crippen LogP contribution is 2.35. The van der Waals surface area contributed by atoms with Crippen molar-refractivity contribution in [2.24, 2.45) is 5.92 Å². The fourth-order valence-corrected chi connectivity index (χ4v) is 3.08. The summed E-state index contributed by atoms with van der Waals surface area (Å²) in [7, 11) is 1.67. The SMILES string of the molecule is CCCCC(CC)C(NCCC)c1ccc(OC)cc1Cl. The normalized spacial score (nSPS) is 14.0. The molecule has 1 rings (SSSR count). The van der Waals surface area contributed by atoms with E-state index in [1.165, 1.54) is 31.2 Å². The summed E-state index contributed by atoms with van der Waals surface area (Å²) < 4.78 is 5.26. The highest BCUT2D eigenvalue weighted by molar-refractivity contribution is 6.31. The van der Waals surface area contributed by atoms with Gasteiger partial charge in [-0.25, -0.2) is 0 Å². The maximum absolute atomic E-state index is 6.50. The van der Waals surface area contributed by atoms with Crippen molar-refractivity contribution >= 4 is 11.6 Å². The summed E-state index contributed by atoms with van der Waals surface area (Å²) in [6.45, 7) is 7.75. The van der Waals surface area contributed by atoms with Crippen LogP contribution in [-0.4, -0.2) is 13.7 Å². The van der Waals surface area contributed by atoms with Gasteiger partial charge in [-0.05, 0) is 43.0 Å². The van der Waals surface area contributed by atoms with Crippen molar-refractivity contribution in [1.29, 1.82) is 0 Å². The van der Waals surface area contributed by atoms with Gasteiger partial charge in [-0.15, -0.1) is 0 Å². The van der Waals surface area contributed by atoms with Crippen LogP contribution in [0.2, 0.25) is 5.02 Å². The van der Waals surface area contributed by atoms with E-state index in [0.29, 0.717) is 12.0 Å². The molecule has 120 valence electrons. The van der Waals surface area contributed by atoms with Crippen LogP contribution in [0.4, 0.5) is 0 Å². The van der Waals surface area contributed by atoms with Gasteiger partial charge in [0, 0.05) is 11.1 Å². The first-order chi connectivity index (χ1) is 10.2. The van der Waals surface area contributed by atoms with Gasteiger partial charge in [0.1, 0.15) is 5.75 Å². The Morgan fingerprint density at radius 2 is 1.95 bits per heavy atom. The lowest BCUT2D eigenvalue weighted by atomic mass is 9.86. The number of halogens is 1. The molecule has 2 nitrogen and oxygen atoms in total. The zero-order chi connectivity index (χ0) is 15.7. The molecule has 0 saturated heterocycles. The minimum absolute atomic E-state index is 0.333. The number of nitrogens with one attached hydrogen (secondary N) is 1. The smallest absolute Gasteiger partial charge is 0.120 e. The largest absolute Gasteiger partial charge is 0.497 e. The number of unbranched alkanes of at least 4 members (excludes halogenated alkanes) is 1. The van der Waals surface area contributed by atoms with Gasteiger partial charge in [0.25, 0.3) is 0 Å². The van der Waals surface area contributed by atoms with Gasteiger partial charge in [0.05, 0.1) is 7.11 Å². The number of ether oxygens (including phenoxy) is 1. The Hall–Kier alpha value is -0.730. The van der Waals surface area contributed by atoms with Crippen LogP contribution < -0.4 is 10.1 Å². The summed E-state index contributed by atoms with van der Waals surface area (Å²) in [5, 5.41) is 4.50. The first kappa shape index (κ1) is 18.3. The first-order valence-electron chi connectivity index (χ1n) is 8.24. The Kier molecular flexibility index (Phi) is 8.79. The van der Waals surface area contributed by atoms with Gasteiger partial charge in [-0.2, -0.15) is 0 Å². The van der Waals surface area contributed by atoms with E-state index in [2.05, 4.69) is 32.2 Å². The number of rotatable bonds is 10. The van der Waals surface area contributed by atoms with Crippen molar-refractivity contribution in [3.05, 3.63) is 28.8 Å².